The minimum absolute atomic E-state index is 0.0737. The molecule has 2 heterocycles. The van der Waals surface area contributed by atoms with Gasteiger partial charge in [-0.3, -0.25) is 9.48 Å². The van der Waals surface area contributed by atoms with Crippen molar-refractivity contribution in [3.63, 3.8) is 0 Å². The topological polar surface area (TPSA) is 58.4 Å². The van der Waals surface area contributed by atoms with Crippen LogP contribution in [0.5, 0.6) is 0 Å². The largest absolute Gasteiger partial charge is 0.383 e. The Kier molecular flexibility index (Phi) is 3.68. The van der Waals surface area contributed by atoms with Gasteiger partial charge in [0.25, 0.3) is 5.91 Å². The Hall–Kier alpha value is -2.14. The Balaban J connectivity index is 1.46. The van der Waals surface area contributed by atoms with Crippen molar-refractivity contribution in [2.45, 2.75) is 37.2 Å². The number of hydrogen-bond donors (Lipinski definition) is 1. The van der Waals surface area contributed by atoms with Crippen molar-refractivity contribution >= 4 is 5.91 Å². The number of hydrogen-bond acceptors (Lipinski definition) is 3. The lowest BCUT2D eigenvalue weighted by molar-refractivity contribution is -0.0270. The van der Waals surface area contributed by atoms with E-state index in [1.807, 2.05) is 36.2 Å². The predicted molar refractivity (Wildman–Crippen MR) is 90.7 cm³/mol. The van der Waals surface area contributed by atoms with Gasteiger partial charge >= 0.3 is 0 Å². The summed E-state index contributed by atoms with van der Waals surface area (Å²) < 4.78 is 1.72. The van der Waals surface area contributed by atoms with Crippen LogP contribution in [0.3, 0.4) is 0 Å². The highest BCUT2D eigenvalue weighted by Gasteiger charge is 2.37. The van der Waals surface area contributed by atoms with Crippen molar-refractivity contribution in [2.75, 3.05) is 13.1 Å². The van der Waals surface area contributed by atoms with Gasteiger partial charge < -0.3 is 10.0 Å². The molecule has 1 aromatic carbocycles. The summed E-state index contributed by atoms with van der Waals surface area (Å²) in [6.07, 6.45) is 5.26. The highest BCUT2D eigenvalue weighted by Crippen LogP contribution is 2.40. The summed E-state index contributed by atoms with van der Waals surface area (Å²) in [5.74, 6) is 0.721. The normalized spacial score (nSPS) is 20.2. The SMILES string of the molecule is Cn1nccc1C1(O)CCN(C(=O)c2cccc(C3CC3)c2)CC1. The maximum absolute atomic E-state index is 12.8. The molecule has 2 aliphatic rings. The first-order valence-corrected chi connectivity index (χ1v) is 8.67. The Bertz CT molecular complexity index is 755. The summed E-state index contributed by atoms with van der Waals surface area (Å²) in [6.45, 7) is 1.13. The Morgan fingerprint density at radius 2 is 2.00 bits per heavy atom. The van der Waals surface area contributed by atoms with Crippen LogP contribution in [0.15, 0.2) is 36.5 Å². The van der Waals surface area contributed by atoms with E-state index in [1.54, 1.807) is 10.9 Å². The van der Waals surface area contributed by atoms with E-state index in [1.165, 1.54) is 18.4 Å². The number of likely N-dealkylation sites (tertiary alicyclic amines) is 1. The van der Waals surface area contributed by atoms with E-state index in [2.05, 4.69) is 11.2 Å². The van der Waals surface area contributed by atoms with Crippen LogP contribution in [0.25, 0.3) is 0 Å². The minimum Gasteiger partial charge on any atom is -0.383 e. The molecule has 0 bridgehead atoms. The lowest BCUT2D eigenvalue weighted by atomic mass is 9.88. The second kappa shape index (κ2) is 5.74. The van der Waals surface area contributed by atoms with Gasteiger partial charge in [0.1, 0.15) is 5.60 Å². The van der Waals surface area contributed by atoms with Gasteiger partial charge in [0.15, 0.2) is 0 Å². The Morgan fingerprint density at radius 3 is 2.62 bits per heavy atom. The number of carbonyl (C=O) groups is 1. The first kappa shape index (κ1) is 15.4. The third-order valence-electron chi connectivity index (χ3n) is 5.36. The van der Waals surface area contributed by atoms with Crippen LogP contribution in [0, 0.1) is 0 Å². The molecule has 2 fully saturated rings. The molecular formula is C19H23N3O2. The molecule has 0 atom stereocenters. The maximum Gasteiger partial charge on any atom is 0.253 e. The van der Waals surface area contributed by atoms with Gasteiger partial charge in [-0.25, -0.2) is 0 Å². The first-order chi connectivity index (χ1) is 11.6. The second-order valence-electron chi connectivity index (χ2n) is 7.06. The quantitative estimate of drug-likeness (QED) is 0.943. The fourth-order valence-electron chi connectivity index (χ4n) is 3.69. The molecule has 4 rings (SSSR count). The molecule has 126 valence electrons. The third kappa shape index (κ3) is 2.73. The molecule has 0 radical (unpaired) electrons. The molecule has 1 aliphatic heterocycles. The van der Waals surface area contributed by atoms with Crippen molar-refractivity contribution in [3.05, 3.63) is 53.3 Å². The molecule has 0 spiro atoms. The molecule has 1 aromatic heterocycles. The monoisotopic (exact) mass is 325 g/mol. The zero-order chi connectivity index (χ0) is 16.7. The average Bonchev–Trinajstić information content (AvgIpc) is 3.36. The van der Waals surface area contributed by atoms with Gasteiger partial charge in [0.05, 0.1) is 5.69 Å². The van der Waals surface area contributed by atoms with Gasteiger partial charge in [-0.2, -0.15) is 5.10 Å². The van der Waals surface area contributed by atoms with Crippen LogP contribution in [-0.4, -0.2) is 38.8 Å². The lowest BCUT2D eigenvalue weighted by Crippen LogP contribution is -2.45. The molecule has 0 unspecified atom stereocenters. The number of aryl methyl sites for hydroxylation is 1. The van der Waals surface area contributed by atoms with E-state index in [9.17, 15) is 9.90 Å². The van der Waals surface area contributed by atoms with E-state index >= 15 is 0 Å². The standard InChI is InChI=1S/C19H23N3O2/c1-21-17(7-10-20-21)19(24)8-11-22(12-9-19)18(23)16-4-2-3-15(13-16)14-5-6-14/h2-4,7,10,13-14,24H,5-6,8-9,11-12H2,1H3. The molecule has 1 saturated heterocycles. The van der Waals surface area contributed by atoms with Gasteiger partial charge in [-0.1, -0.05) is 12.1 Å². The molecule has 1 N–H and O–H groups in total. The summed E-state index contributed by atoms with van der Waals surface area (Å²) in [4.78, 5) is 14.6. The number of carbonyl (C=O) groups excluding carboxylic acids is 1. The van der Waals surface area contributed by atoms with E-state index in [0.717, 1.165) is 11.3 Å². The van der Waals surface area contributed by atoms with Gasteiger partial charge in [-0.15, -0.1) is 0 Å². The van der Waals surface area contributed by atoms with Crippen molar-refractivity contribution in [2.24, 2.45) is 7.05 Å². The fraction of sp³-hybridized carbons (Fsp3) is 0.474. The summed E-state index contributed by atoms with van der Waals surface area (Å²) in [7, 11) is 1.84. The number of aliphatic hydroxyl groups is 1. The van der Waals surface area contributed by atoms with Crippen molar-refractivity contribution in [1.82, 2.24) is 14.7 Å². The van der Waals surface area contributed by atoms with Crippen LogP contribution in [0.4, 0.5) is 0 Å². The van der Waals surface area contributed by atoms with Crippen LogP contribution in [-0.2, 0) is 12.6 Å². The summed E-state index contributed by atoms with van der Waals surface area (Å²) >= 11 is 0. The number of amides is 1. The van der Waals surface area contributed by atoms with Crippen LogP contribution < -0.4 is 0 Å². The van der Waals surface area contributed by atoms with E-state index in [0.29, 0.717) is 31.8 Å². The van der Waals surface area contributed by atoms with Crippen LogP contribution >= 0.6 is 0 Å². The van der Waals surface area contributed by atoms with E-state index < -0.39 is 5.60 Å². The van der Waals surface area contributed by atoms with Crippen LogP contribution in [0.1, 0.15) is 53.2 Å². The molecule has 5 nitrogen and oxygen atoms in total. The second-order valence-corrected chi connectivity index (χ2v) is 7.06. The van der Waals surface area contributed by atoms with Crippen molar-refractivity contribution in [1.29, 1.82) is 0 Å². The summed E-state index contributed by atoms with van der Waals surface area (Å²) in [5, 5.41) is 15.1. The number of aromatic nitrogens is 2. The van der Waals surface area contributed by atoms with Gasteiger partial charge in [0.2, 0.25) is 0 Å². The smallest absolute Gasteiger partial charge is 0.253 e. The van der Waals surface area contributed by atoms with Crippen LogP contribution in [0.2, 0.25) is 0 Å². The Morgan fingerprint density at radius 1 is 1.25 bits per heavy atom. The third-order valence-corrected chi connectivity index (χ3v) is 5.36. The number of benzene rings is 1. The molecule has 5 heteroatoms. The van der Waals surface area contributed by atoms with E-state index in [-0.39, 0.29) is 5.91 Å². The number of nitrogens with zero attached hydrogens (tertiary/aromatic N) is 3. The average molecular weight is 325 g/mol. The predicted octanol–water partition coefficient (Wildman–Crippen LogP) is 2.42. The molecule has 1 amide bonds. The van der Waals surface area contributed by atoms with Gasteiger partial charge in [-0.05, 0) is 55.4 Å². The molecule has 1 aliphatic carbocycles. The zero-order valence-electron chi connectivity index (χ0n) is 14.0. The molecule has 24 heavy (non-hydrogen) atoms. The van der Waals surface area contributed by atoms with Crippen molar-refractivity contribution in [3.8, 4) is 0 Å². The van der Waals surface area contributed by atoms with E-state index in [4.69, 9.17) is 0 Å². The highest BCUT2D eigenvalue weighted by atomic mass is 16.3. The fourth-order valence-corrected chi connectivity index (χ4v) is 3.69. The van der Waals surface area contributed by atoms with Crippen molar-refractivity contribution < 1.29 is 9.90 Å². The number of rotatable bonds is 3. The maximum atomic E-state index is 12.8. The summed E-state index contributed by atoms with van der Waals surface area (Å²) in [5.41, 5.74) is 1.98. The lowest BCUT2D eigenvalue weighted by Gasteiger charge is -2.38. The number of piperidine rings is 1. The zero-order valence-corrected chi connectivity index (χ0v) is 14.0. The molecule has 2 aromatic rings. The molecule has 1 saturated carbocycles. The van der Waals surface area contributed by atoms with Gasteiger partial charge in [0, 0.05) is 31.9 Å². The minimum atomic E-state index is -0.891. The first-order valence-electron chi connectivity index (χ1n) is 8.67. The highest BCUT2D eigenvalue weighted by molar-refractivity contribution is 5.94. The molecular weight excluding hydrogens is 302 g/mol. The Labute approximate surface area is 141 Å². The summed E-state index contributed by atoms with van der Waals surface area (Å²) in [6, 6.07) is 9.90.